The number of nitrogens with one attached hydrogen (secondary N) is 1. The molecule has 1 N–H and O–H groups in total. The predicted molar refractivity (Wildman–Crippen MR) is 111 cm³/mol. The van der Waals surface area contributed by atoms with Gasteiger partial charge in [-0.25, -0.2) is 0 Å². The summed E-state index contributed by atoms with van der Waals surface area (Å²) in [5, 5.41) is 2.95. The molecule has 1 amide bonds. The molecule has 138 valence electrons. The minimum Gasteiger partial charge on any atom is -0.338 e. The van der Waals surface area contributed by atoms with Gasteiger partial charge in [-0.2, -0.15) is 0 Å². The van der Waals surface area contributed by atoms with Crippen molar-refractivity contribution in [1.29, 1.82) is 0 Å². The maximum Gasteiger partial charge on any atom is 0.252 e. The van der Waals surface area contributed by atoms with Gasteiger partial charge in [0.05, 0.1) is 6.04 Å². The summed E-state index contributed by atoms with van der Waals surface area (Å²) in [7, 11) is 0. The van der Waals surface area contributed by atoms with Crippen molar-refractivity contribution < 1.29 is 9.59 Å². The van der Waals surface area contributed by atoms with Gasteiger partial charge in [-0.15, -0.1) is 0 Å². The first-order valence-electron chi connectivity index (χ1n) is 9.23. The van der Waals surface area contributed by atoms with Crippen molar-refractivity contribution in [2.75, 3.05) is 0 Å². The predicted octanol–water partition coefficient (Wildman–Crippen LogP) is 4.30. The molecular formula is C25H21NO2. The fraction of sp³-hybridized carbons (Fsp3) is 0.120. The van der Waals surface area contributed by atoms with Gasteiger partial charge in [0.1, 0.15) is 0 Å². The van der Waals surface area contributed by atoms with Gasteiger partial charge in [0.2, 0.25) is 5.78 Å². The van der Waals surface area contributed by atoms with Crippen LogP contribution >= 0.6 is 0 Å². The lowest BCUT2D eigenvalue weighted by Gasteiger charge is -2.13. The van der Waals surface area contributed by atoms with Gasteiger partial charge in [0.25, 0.3) is 5.91 Å². The molecule has 0 fully saturated rings. The smallest absolute Gasteiger partial charge is 0.252 e. The molecule has 3 aromatic rings. The number of aryl methyl sites for hydroxylation is 1. The van der Waals surface area contributed by atoms with Gasteiger partial charge >= 0.3 is 0 Å². The van der Waals surface area contributed by atoms with Crippen LogP contribution < -0.4 is 5.32 Å². The summed E-state index contributed by atoms with van der Waals surface area (Å²) in [5.74, 6) is 5.20. The summed E-state index contributed by atoms with van der Waals surface area (Å²) in [4.78, 5) is 24.8. The Kier molecular flexibility index (Phi) is 6.76. The molecule has 3 heteroatoms. The van der Waals surface area contributed by atoms with E-state index in [1.54, 1.807) is 36.4 Å². The van der Waals surface area contributed by atoms with E-state index in [2.05, 4.69) is 17.2 Å². The van der Waals surface area contributed by atoms with Crippen LogP contribution in [0.3, 0.4) is 0 Å². The normalized spacial score (nSPS) is 11.0. The standard InChI is InChI=1S/C25H21NO2/c27-24(21-12-6-2-7-13-21)19-18-23(17-16-20-10-4-1-5-11-20)26-25(28)22-14-8-3-9-15-22/h1-15,23H,16-17H2,(H,26,28). The number of carbonyl (C=O) groups excluding carboxylic acids is 2. The minimum absolute atomic E-state index is 0.194. The first-order chi connectivity index (χ1) is 13.7. The molecule has 0 aliphatic carbocycles. The van der Waals surface area contributed by atoms with Crippen molar-refractivity contribution in [3.05, 3.63) is 108 Å². The highest BCUT2D eigenvalue weighted by molar-refractivity contribution is 6.09. The highest BCUT2D eigenvalue weighted by Crippen LogP contribution is 2.07. The topological polar surface area (TPSA) is 46.2 Å². The number of hydrogen-bond donors (Lipinski definition) is 1. The van der Waals surface area contributed by atoms with E-state index in [0.29, 0.717) is 17.5 Å². The van der Waals surface area contributed by atoms with E-state index >= 15 is 0 Å². The molecule has 0 aromatic heterocycles. The molecule has 0 bridgehead atoms. The Bertz CT molecular complexity index is 971. The van der Waals surface area contributed by atoms with E-state index in [0.717, 1.165) is 12.0 Å². The molecule has 0 aliphatic rings. The number of Topliss-reactive ketones (excluding diaryl/α,β-unsaturated/α-hetero) is 1. The zero-order chi connectivity index (χ0) is 19.6. The third kappa shape index (κ3) is 5.69. The molecule has 3 rings (SSSR count). The molecule has 0 aliphatic heterocycles. The van der Waals surface area contributed by atoms with Crippen molar-refractivity contribution >= 4 is 11.7 Å². The number of amides is 1. The summed E-state index contributed by atoms with van der Waals surface area (Å²) >= 11 is 0. The lowest BCUT2D eigenvalue weighted by Crippen LogP contribution is -2.34. The number of ketones is 1. The fourth-order valence-corrected chi connectivity index (χ4v) is 2.78. The van der Waals surface area contributed by atoms with Crippen LogP contribution in [0.25, 0.3) is 0 Å². The lowest BCUT2D eigenvalue weighted by atomic mass is 10.0. The first kappa shape index (κ1) is 19.1. The average Bonchev–Trinajstić information content (AvgIpc) is 2.77. The van der Waals surface area contributed by atoms with E-state index in [-0.39, 0.29) is 11.7 Å². The van der Waals surface area contributed by atoms with E-state index in [9.17, 15) is 9.59 Å². The Morgan fingerprint density at radius 1 is 0.750 bits per heavy atom. The van der Waals surface area contributed by atoms with Gasteiger partial charge in [0.15, 0.2) is 0 Å². The molecule has 28 heavy (non-hydrogen) atoms. The Morgan fingerprint density at radius 3 is 1.89 bits per heavy atom. The minimum atomic E-state index is -0.416. The molecule has 3 aromatic carbocycles. The highest BCUT2D eigenvalue weighted by Gasteiger charge is 2.12. The van der Waals surface area contributed by atoms with Crippen LogP contribution in [0.15, 0.2) is 91.0 Å². The van der Waals surface area contributed by atoms with Crippen molar-refractivity contribution in [2.24, 2.45) is 0 Å². The highest BCUT2D eigenvalue weighted by atomic mass is 16.1. The maximum atomic E-state index is 12.5. The van der Waals surface area contributed by atoms with E-state index < -0.39 is 6.04 Å². The van der Waals surface area contributed by atoms with E-state index in [1.807, 2.05) is 54.6 Å². The van der Waals surface area contributed by atoms with Crippen molar-refractivity contribution in [3.8, 4) is 11.8 Å². The zero-order valence-corrected chi connectivity index (χ0v) is 15.5. The Balaban J connectivity index is 1.73. The Morgan fingerprint density at radius 2 is 1.29 bits per heavy atom. The van der Waals surface area contributed by atoms with Crippen LogP contribution in [-0.4, -0.2) is 17.7 Å². The summed E-state index contributed by atoms with van der Waals surface area (Å²) in [6.07, 6.45) is 1.38. The summed E-state index contributed by atoms with van der Waals surface area (Å²) < 4.78 is 0. The maximum absolute atomic E-state index is 12.5. The Hall–Kier alpha value is -3.64. The Labute approximate surface area is 165 Å². The summed E-state index contributed by atoms with van der Waals surface area (Å²) in [6.45, 7) is 0. The third-order valence-electron chi connectivity index (χ3n) is 4.30. The molecule has 0 spiro atoms. The van der Waals surface area contributed by atoms with Crippen LogP contribution in [0.4, 0.5) is 0 Å². The quantitative estimate of drug-likeness (QED) is 0.401. The lowest BCUT2D eigenvalue weighted by molar-refractivity contribution is 0.0943. The molecule has 0 saturated carbocycles. The number of carbonyl (C=O) groups is 2. The number of benzene rings is 3. The van der Waals surface area contributed by atoms with Crippen LogP contribution in [0.5, 0.6) is 0 Å². The van der Waals surface area contributed by atoms with Gasteiger partial charge in [-0.1, -0.05) is 84.8 Å². The molecule has 0 heterocycles. The second-order valence-corrected chi connectivity index (χ2v) is 6.38. The third-order valence-corrected chi connectivity index (χ3v) is 4.30. The van der Waals surface area contributed by atoms with E-state index in [1.165, 1.54) is 0 Å². The van der Waals surface area contributed by atoms with Crippen molar-refractivity contribution in [1.82, 2.24) is 5.32 Å². The summed E-state index contributed by atoms with van der Waals surface area (Å²) in [5.41, 5.74) is 2.28. The number of rotatable bonds is 6. The SMILES string of the molecule is O=C(C#CC(CCc1ccccc1)NC(=O)c1ccccc1)c1ccccc1. The van der Waals surface area contributed by atoms with Crippen LogP contribution in [0.2, 0.25) is 0 Å². The van der Waals surface area contributed by atoms with Crippen molar-refractivity contribution in [3.63, 3.8) is 0 Å². The van der Waals surface area contributed by atoms with Crippen molar-refractivity contribution in [2.45, 2.75) is 18.9 Å². The molecular weight excluding hydrogens is 346 g/mol. The molecule has 0 radical (unpaired) electrons. The summed E-state index contributed by atoms with van der Waals surface area (Å²) in [6, 6.07) is 27.5. The molecule has 1 atom stereocenters. The zero-order valence-electron chi connectivity index (χ0n) is 15.5. The van der Waals surface area contributed by atoms with E-state index in [4.69, 9.17) is 0 Å². The average molecular weight is 367 g/mol. The largest absolute Gasteiger partial charge is 0.338 e. The monoisotopic (exact) mass is 367 g/mol. The van der Waals surface area contributed by atoms with Crippen LogP contribution in [0, 0.1) is 11.8 Å². The fourth-order valence-electron chi connectivity index (χ4n) is 2.78. The second kappa shape index (κ2) is 9.89. The second-order valence-electron chi connectivity index (χ2n) is 6.38. The molecule has 1 unspecified atom stereocenters. The molecule has 3 nitrogen and oxygen atoms in total. The number of hydrogen-bond acceptors (Lipinski definition) is 2. The van der Waals surface area contributed by atoms with Crippen LogP contribution in [0.1, 0.15) is 32.7 Å². The van der Waals surface area contributed by atoms with Gasteiger partial charge in [-0.3, -0.25) is 9.59 Å². The van der Waals surface area contributed by atoms with Gasteiger partial charge in [0, 0.05) is 11.1 Å². The molecule has 0 saturated heterocycles. The van der Waals surface area contributed by atoms with Gasteiger partial charge in [-0.05, 0) is 36.5 Å². The van der Waals surface area contributed by atoms with Gasteiger partial charge < -0.3 is 5.32 Å². The first-order valence-corrected chi connectivity index (χ1v) is 9.23. The van der Waals surface area contributed by atoms with Crippen LogP contribution in [-0.2, 0) is 6.42 Å².